The van der Waals surface area contributed by atoms with E-state index < -0.39 is 0 Å². The number of pyridine rings is 1. The quantitative estimate of drug-likeness (QED) is 0.715. The largest absolute Gasteiger partial charge is 0.492 e. The molecule has 3 aromatic rings. The van der Waals surface area contributed by atoms with E-state index in [4.69, 9.17) is 4.74 Å². The molecule has 1 aromatic carbocycles. The van der Waals surface area contributed by atoms with E-state index in [0.29, 0.717) is 13.2 Å². The van der Waals surface area contributed by atoms with E-state index in [1.807, 2.05) is 48.0 Å². The van der Waals surface area contributed by atoms with E-state index >= 15 is 0 Å². The lowest BCUT2D eigenvalue weighted by atomic mass is 10.3. The molecule has 3 rings (SSSR count). The van der Waals surface area contributed by atoms with Crippen molar-refractivity contribution in [3.05, 3.63) is 62.8 Å². The Morgan fingerprint density at radius 1 is 1.15 bits per heavy atom. The highest BCUT2D eigenvalue weighted by Gasteiger charge is 2.03. The zero-order valence-electron chi connectivity index (χ0n) is 10.6. The van der Waals surface area contributed by atoms with Gasteiger partial charge in [0.25, 0.3) is 5.56 Å². The zero-order chi connectivity index (χ0) is 13.9. The van der Waals surface area contributed by atoms with Gasteiger partial charge < -0.3 is 9.30 Å². The van der Waals surface area contributed by atoms with Crippen LogP contribution in [0.2, 0.25) is 0 Å². The Balaban J connectivity index is 1.69. The Kier molecular flexibility index (Phi) is 3.89. The second kappa shape index (κ2) is 5.81. The average molecular weight is 350 g/mol. The fourth-order valence-electron chi connectivity index (χ4n) is 1.98. The zero-order valence-corrected chi connectivity index (χ0v) is 13.0. The van der Waals surface area contributed by atoms with Gasteiger partial charge in [-0.05, 0) is 41.8 Å². The van der Waals surface area contributed by atoms with Gasteiger partial charge in [0.15, 0.2) is 0 Å². The molecule has 0 aliphatic rings. The smallest absolute Gasteiger partial charge is 0.259 e. The van der Waals surface area contributed by atoms with Crippen molar-refractivity contribution in [3.8, 4) is 5.75 Å². The Morgan fingerprint density at radius 2 is 1.95 bits per heavy atom. The second-order valence-electron chi connectivity index (χ2n) is 4.32. The normalized spacial score (nSPS) is 10.8. The van der Waals surface area contributed by atoms with Gasteiger partial charge in [0.2, 0.25) is 0 Å². The van der Waals surface area contributed by atoms with Crippen LogP contribution in [-0.2, 0) is 6.54 Å². The van der Waals surface area contributed by atoms with Crippen LogP contribution in [0.1, 0.15) is 0 Å². The second-order valence-corrected chi connectivity index (χ2v) is 6.18. The number of ether oxygens (including phenoxy) is 1. The summed E-state index contributed by atoms with van der Waals surface area (Å²) in [6.45, 7) is 1.01. The third kappa shape index (κ3) is 2.78. The maximum absolute atomic E-state index is 12.2. The lowest BCUT2D eigenvalue weighted by Gasteiger charge is -2.08. The number of rotatable bonds is 4. The Hall–Kier alpha value is -1.59. The van der Waals surface area contributed by atoms with Gasteiger partial charge in [-0.2, -0.15) is 0 Å². The van der Waals surface area contributed by atoms with Crippen molar-refractivity contribution < 1.29 is 4.74 Å². The summed E-state index contributed by atoms with van der Waals surface area (Å²) in [6, 6.07) is 11.5. The average Bonchev–Trinajstić information content (AvgIpc) is 2.93. The van der Waals surface area contributed by atoms with Crippen LogP contribution >= 0.6 is 27.3 Å². The monoisotopic (exact) mass is 349 g/mol. The predicted molar refractivity (Wildman–Crippen MR) is 85.7 cm³/mol. The fraction of sp³-hybridized carbons (Fsp3) is 0.133. The van der Waals surface area contributed by atoms with Gasteiger partial charge in [0.1, 0.15) is 12.4 Å². The molecule has 0 amide bonds. The Labute approximate surface area is 128 Å². The lowest BCUT2D eigenvalue weighted by molar-refractivity contribution is 0.296. The fourth-order valence-corrected chi connectivity index (χ4v) is 3.01. The van der Waals surface area contributed by atoms with Crippen LogP contribution in [0.4, 0.5) is 0 Å². The summed E-state index contributed by atoms with van der Waals surface area (Å²) in [5.74, 6) is 0.804. The van der Waals surface area contributed by atoms with Crippen LogP contribution in [0.25, 0.3) is 10.1 Å². The number of nitrogens with zero attached hydrogens (tertiary/aromatic N) is 1. The Bertz CT molecular complexity index is 776. The first-order valence-electron chi connectivity index (χ1n) is 6.19. The van der Waals surface area contributed by atoms with Crippen LogP contribution in [-0.4, -0.2) is 11.2 Å². The summed E-state index contributed by atoms with van der Waals surface area (Å²) in [7, 11) is 0. The van der Waals surface area contributed by atoms with Crippen LogP contribution in [0, 0.1) is 0 Å². The molecule has 0 aliphatic heterocycles. The van der Waals surface area contributed by atoms with Crippen LogP contribution in [0.3, 0.4) is 0 Å². The highest BCUT2D eigenvalue weighted by Crippen LogP contribution is 2.17. The maximum Gasteiger partial charge on any atom is 0.259 e. The van der Waals surface area contributed by atoms with E-state index in [-0.39, 0.29) is 5.56 Å². The molecule has 0 atom stereocenters. The number of benzene rings is 1. The third-order valence-electron chi connectivity index (χ3n) is 3.01. The van der Waals surface area contributed by atoms with E-state index in [1.165, 1.54) is 0 Å². The topological polar surface area (TPSA) is 31.2 Å². The standard InChI is InChI=1S/C15H12BrNO2S/c16-11-1-3-12(4-2-11)19-9-8-17-7-5-14-13(15(17)18)6-10-20-14/h1-7,10H,8-9H2. The first-order chi connectivity index (χ1) is 9.74. The number of halogens is 1. The molecule has 0 unspecified atom stereocenters. The van der Waals surface area contributed by atoms with Crippen molar-refractivity contribution in [1.82, 2.24) is 4.57 Å². The molecule has 2 heterocycles. The first-order valence-corrected chi connectivity index (χ1v) is 7.86. The minimum atomic E-state index is 0.0446. The van der Waals surface area contributed by atoms with E-state index in [0.717, 1.165) is 20.3 Å². The number of aromatic nitrogens is 1. The molecule has 0 spiro atoms. The van der Waals surface area contributed by atoms with Gasteiger partial charge in [-0.1, -0.05) is 15.9 Å². The van der Waals surface area contributed by atoms with Crippen LogP contribution in [0.15, 0.2) is 57.2 Å². The van der Waals surface area contributed by atoms with Gasteiger partial charge in [0, 0.05) is 15.4 Å². The molecule has 0 saturated heterocycles. The molecule has 0 radical (unpaired) electrons. The molecular formula is C15H12BrNO2S. The molecule has 3 nitrogen and oxygen atoms in total. The molecule has 102 valence electrons. The molecule has 0 aliphatic carbocycles. The van der Waals surface area contributed by atoms with Crippen molar-refractivity contribution in [2.24, 2.45) is 0 Å². The molecule has 0 N–H and O–H groups in total. The molecule has 0 fully saturated rings. The molecular weight excluding hydrogens is 338 g/mol. The molecule has 20 heavy (non-hydrogen) atoms. The molecule has 0 saturated carbocycles. The minimum Gasteiger partial charge on any atom is -0.492 e. The molecule has 5 heteroatoms. The number of hydrogen-bond acceptors (Lipinski definition) is 3. The minimum absolute atomic E-state index is 0.0446. The highest BCUT2D eigenvalue weighted by molar-refractivity contribution is 9.10. The van der Waals surface area contributed by atoms with Crippen molar-refractivity contribution in [1.29, 1.82) is 0 Å². The van der Waals surface area contributed by atoms with Crippen molar-refractivity contribution in [3.63, 3.8) is 0 Å². The summed E-state index contributed by atoms with van der Waals surface area (Å²) >= 11 is 4.96. The summed E-state index contributed by atoms with van der Waals surface area (Å²) in [6.07, 6.45) is 1.83. The summed E-state index contributed by atoms with van der Waals surface area (Å²) in [5.41, 5.74) is 0.0446. The van der Waals surface area contributed by atoms with Gasteiger partial charge in [-0.25, -0.2) is 0 Å². The van der Waals surface area contributed by atoms with Gasteiger partial charge in [0.05, 0.1) is 11.9 Å². The van der Waals surface area contributed by atoms with E-state index in [1.54, 1.807) is 15.9 Å². The van der Waals surface area contributed by atoms with E-state index in [9.17, 15) is 4.79 Å². The van der Waals surface area contributed by atoms with Gasteiger partial charge in [-0.15, -0.1) is 11.3 Å². The van der Waals surface area contributed by atoms with Crippen LogP contribution in [0.5, 0.6) is 5.75 Å². The van der Waals surface area contributed by atoms with Crippen molar-refractivity contribution in [2.45, 2.75) is 6.54 Å². The molecule has 2 aromatic heterocycles. The predicted octanol–water partition coefficient (Wildman–Crippen LogP) is 3.90. The van der Waals surface area contributed by atoms with Crippen LogP contribution < -0.4 is 10.3 Å². The Morgan fingerprint density at radius 3 is 2.75 bits per heavy atom. The van der Waals surface area contributed by atoms with Gasteiger partial charge >= 0.3 is 0 Å². The number of hydrogen-bond donors (Lipinski definition) is 0. The molecule has 0 bridgehead atoms. The highest BCUT2D eigenvalue weighted by atomic mass is 79.9. The lowest BCUT2D eigenvalue weighted by Crippen LogP contribution is -2.22. The van der Waals surface area contributed by atoms with Crippen molar-refractivity contribution >= 4 is 37.4 Å². The number of fused-ring (bicyclic) bond motifs is 1. The van der Waals surface area contributed by atoms with E-state index in [2.05, 4.69) is 15.9 Å². The SMILES string of the molecule is O=c1c2ccsc2ccn1CCOc1ccc(Br)cc1. The summed E-state index contributed by atoms with van der Waals surface area (Å²) in [4.78, 5) is 12.2. The summed E-state index contributed by atoms with van der Waals surface area (Å²) < 4.78 is 9.37. The third-order valence-corrected chi connectivity index (χ3v) is 4.42. The maximum atomic E-state index is 12.2. The summed E-state index contributed by atoms with van der Waals surface area (Å²) in [5, 5.41) is 2.72. The number of thiophene rings is 1. The van der Waals surface area contributed by atoms with Crippen molar-refractivity contribution in [2.75, 3.05) is 6.61 Å². The van der Waals surface area contributed by atoms with Gasteiger partial charge in [-0.3, -0.25) is 4.79 Å². The first kappa shape index (κ1) is 13.4.